The Labute approximate surface area is 758 Å². The van der Waals surface area contributed by atoms with Crippen LogP contribution >= 0.6 is 0 Å². The van der Waals surface area contributed by atoms with Gasteiger partial charge in [0, 0.05) is 61.2 Å². The molecule has 15 aromatic rings. The maximum Gasteiger partial charge on any atom is 0.151 e. The van der Waals surface area contributed by atoms with Crippen molar-refractivity contribution in [2.24, 2.45) is 5.92 Å². The fourth-order valence-corrected chi connectivity index (χ4v) is 13.1. The van der Waals surface area contributed by atoms with Crippen LogP contribution < -0.4 is 26.6 Å². The van der Waals surface area contributed by atoms with Crippen LogP contribution in [0.1, 0.15) is 180 Å². The summed E-state index contributed by atoms with van der Waals surface area (Å²) in [6.45, 7) is 42.0. The van der Waals surface area contributed by atoms with Gasteiger partial charge in [0.25, 0.3) is 0 Å². The molecule has 15 rings (SSSR count). The zero-order valence-corrected chi connectivity index (χ0v) is 78.0. The van der Waals surface area contributed by atoms with Gasteiger partial charge in [-0.25, -0.2) is 49.8 Å². The van der Waals surface area contributed by atoms with Gasteiger partial charge in [0.15, 0.2) is 29.1 Å². The number of imidazole rings is 5. The van der Waals surface area contributed by atoms with E-state index in [0.29, 0.717) is 115 Å². The molecule has 130 heavy (non-hydrogen) atoms. The smallest absolute Gasteiger partial charge is 0.151 e. The molecular formula is C95H120N30O5. The molecule has 0 saturated carbocycles. The predicted molar refractivity (Wildman–Crippen MR) is 506 cm³/mol. The van der Waals surface area contributed by atoms with Gasteiger partial charge in [0.1, 0.15) is 28.5 Å². The van der Waals surface area contributed by atoms with E-state index in [0.717, 1.165) is 133 Å². The molecule has 0 aliphatic rings. The summed E-state index contributed by atoms with van der Waals surface area (Å²) < 4.78 is 9.27. The number of aromatic nitrogens is 25. The van der Waals surface area contributed by atoms with Crippen LogP contribution in [0.4, 0.5) is 29.1 Å². The predicted octanol–water partition coefficient (Wildman–Crippen LogP) is 15.1. The monoisotopic (exact) mass is 1760 g/mol. The average Bonchev–Trinajstić information content (AvgIpc) is 1.44. The first-order chi connectivity index (χ1) is 62.4. The third-order valence-electron chi connectivity index (χ3n) is 21.5. The summed E-state index contributed by atoms with van der Waals surface area (Å²) in [6.07, 6.45) is 21.1. The van der Waals surface area contributed by atoms with Crippen LogP contribution in [0.2, 0.25) is 0 Å². The molecule has 35 nitrogen and oxygen atoms in total. The molecule has 4 atom stereocenters. The van der Waals surface area contributed by atoms with Crippen LogP contribution in [-0.2, 0) is 33.0 Å². The topological polar surface area (TPSA) is 444 Å². The number of aryl methyl sites for hydroxylation is 10. The second-order valence-electron chi connectivity index (χ2n) is 32.9. The number of hydrogen-bond donors (Lipinski definition) is 10. The second kappa shape index (κ2) is 45.1. The summed E-state index contributed by atoms with van der Waals surface area (Å²) in [5.41, 5.74) is 23.2. The van der Waals surface area contributed by atoms with Gasteiger partial charge in [-0.3, -0.25) is 0 Å². The highest BCUT2D eigenvalue weighted by Gasteiger charge is 2.21. The van der Waals surface area contributed by atoms with Gasteiger partial charge in [-0.1, -0.05) is 34.6 Å². The van der Waals surface area contributed by atoms with Crippen molar-refractivity contribution in [3.8, 4) is 85.4 Å². The minimum atomic E-state index is -0.168. The number of pyridine rings is 5. The molecule has 15 heterocycles. The van der Waals surface area contributed by atoms with E-state index in [1.165, 1.54) is 0 Å². The van der Waals surface area contributed by atoms with Crippen molar-refractivity contribution in [3.63, 3.8) is 0 Å². The van der Waals surface area contributed by atoms with Gasteiger partial charge in [-0.2, -0.15) is 0 Å². The summed E-state index contributed by atoms with van der Waals surface area (Å²) in [5, 5.41) is 108. The van der Waals surface area contributed by atoms with Gasteiger partial charge < -0.3 is 75.0 Å². The summed E-state index contributed by atoms with van der Waals surface area (Å²) in [7, 11) is 0. The molecule has 0 aliphatic heterocycles. The van der Waals surface area contributed by atoms with Gasteiger partial charge >= 0.3 is 0 Å². The van der Waals surface area contributed by atoms with Crippen LogP contribution in [-0.4, -0.2) is 179 Å². The molecule has 0 saturated heterocycles. The van der Waals surface area contributed by atoms with Gasteiger partial charge in [0.05, 0.1) is 179 Å². The molecule has 680 valence electrons. The van der Waals surface area contributed by atoms with Gasteiger partial charge in [-0.05, 0) is 255 Å². The average molecular weight is 1760 g/mol. The number of aliphatic hydroxyl groups excluding tert-OH is 5. The molecule has 0 amide bonds. The van der Waals surface area contributed by atoms with E-state index < -0.39 is 0 Å². The van der Waals surface area contributed by atoms with Crippen LogP contribution in [0.25, 0.3) is 85.4 Å². The van der Waals surface area contributed by atoms with Crippen LogP contribution in [0, 0.1) is 75.2 Å². The van der Waals surface area contributed by atoms with Crippen molar-refractivity contribution in [1.29, 1.82) is 0 Å². The van der Waals surface area contributed by atoms with Crippen molar-refractivity contribution in [1.82, 2.24) is 124 Å². The zero-order valence-electron chi connectivity index (χ0n) is 78.0. The van der Waals surface area contributed by atoms with E-state index in [2.05, 4.69) is 204 Å². The lowest BCUT2D eigenvalue weighted by molar-refractivity contribution is 0.276. The Morgan fingerprint density at radius 2 is 0.462 bits per heavy atom. The minimum absolute atomic E-state index is 0.166. The number of aliphatic hydroxyl groups is 5. The third-order valence-corrected chi connectivity index (χ3v) is 21.5. The minimum Gasteiger partial charge on any atom is -0.390 e. The number of hydrogen-bond acceptors (Lipinski definition) is 30. The summed E-state index contributed by atoms with van der Waals surface area (Å²) in [6, 6.07) is 30.4. The third kappa shape index (κ3) is 25.1. The quantitative estimate of drug-likeness (QED) is 0.0208. The van der Waals surface area contributed by atoms with Crippen molar-refractivity contribution >= 4 is 29.1 Å². The van der Waals surface area contributed by atoms with Crippen LogP contribution in [0.15, 0.2) is 154 Å². The van der Waals surface area contributed by atoms with Gasteiger partial charge in [-0.15, -0.1) is 51.0 Å². The van der Waals surface area contributed by atoms with Gasteiger partial charge in [0.2, 0.25) is 0 Å². The maximum absolute atomic E-state index is 9.77. The Morgan fingerprint density at radius 3 is 0.623 bits per heavy atom. The SMILES string of the molecule is CC[C@H](C)Nc1nnc(-c2ccc(-n3cnc(C)c3)c(CO)n2)cc1C.CC[C@H](C)Nc1nnc(-c2ccc(-n3cnc(C)c3)c(CO)n2)cc1C.CC[C@H](C)Nc1nnc(-c2ccc(-n3cnc(C)c3)c(CO)n2)cc1C.Cc1cn(-c2ccc(-c3cc(C)c(NC(C)C)nn3)nc2CO)cn1.Cc1cn(-c2ccc(-c3cc(C)c(N[C@H](C)C(C)C)nn3)nc2CO)cn1. The van der Waals surface area contributed by atoms with E-state index in [-0.39, 0.29) is 39.1 Å². The highest BCUT2D eigenvalue weighted by molar-refractivity contribution is 5.65. The standard InChI is InChI=1S/C20H26N6O.3C19H24N6O.C18H22N6O/c1-12(2)15(5)22-20-13(3)8-17(24-25-20)16-6-7-19(18(10-27)23-16)26-9-14(4)21-11-26;3*1-5-13(3)21-19-12(2)8-16(23-24-19)15-6-7-18(17(10-26)22-15)25-9-14(4)20-11-25;1-11(2)20-18-12(3)7-15(22-23-18)14-5-6-17(16(9-25)21-14)24-8-13(4)19-10-24/h6-9,11-12,15,27H,10H2,1-5H3,(H,22,25);3*6-9,11,13,26H,5,10H2,1-4H3,(H,21,24);5-8,10-11,25H,9H2,1-4H3,(H,20,23)/t15-;3*13-;/m1000./s1. The molecule has 0 radical (unpaired) electrons. The first kappa shape index (κ1) is 96.6. The number of rotatable bonds is 29. The molecule has 15 aromatic heterocycles. The summed E-state index contributed by atoms with van der Waals surface area (Å²) in [5.74, 6) is 4.42. The van der Waals surface area contributed by atoms with Crippen molar-refractivity contribution in [3.05, 3.63) is 238 Å². The highest BCUT2D eigenvalue weighted by Crippen LogP contribution is 2.31. The molecule has 0 aromatic carbocycles. The molecule has 0 aliphatic carbocycles. The number of nitrogens with one attached hydrogen (secondary N) is 5. The molecule has 35 heteroatoms. The lowest BCUT2D eigenvalue weighted by atomic mass is 10.1. The second-order valence-corrected chi connectivity index (χ2v) is 32.9. The van der Waals surface area contributed by atoms with Crippen molar-refractivity contribution in [2.45, 2.75) is 228 Å². The Balaban J connectivity index is 0.000000157. The molecule has 0 spiro atoms. The lowest BCUT2D eigenvalue weighted by Gasteiger charge is -2.19. The van der Waals surface area contributed by atoms with E-state index in [1.54, 1.807) is 31.6 Å². The first-order valence-corrected chi connectivity index (χ1v) is 43.6. The lowest BCUT2D eigenvalue weighted by Crippen LogP contribution is -2.23. The Morgan fingerprint density at radius 1 is 0.262 bits per heavy atom. The molecule has 0 bridgehead atoms. The van der Waals surface area contributed by atoms with E-state index in [1.807, 2.05) is 214 Å². The first-order valence-electron chi connectivity index (χ1n) is 43.6. The van der Waals surface area contributed by atoms with E-state index in [4.69, 9.17) is 0 Å². The molecule has 0 fully saturated rings. The highest BCUT2D eigenvalue weighted by atomic mass is 16.3. The number of nitrogens with zero attached hydrogens (tertiary/aromatic N) is 25. The fraction of sp³-hybridized carbons (Fsp3) is 0.368. The Bertz CT molecular complexity index is 5920. The van der Waals surface area contributed by atoms with E-state index >= 15 is 0 Å². The molecule has 0 unspecified atom stereocenters. The van der Waals surface area contributed by atoms with E-state index in [9.17, 15) is 25.5 Å². The summed E-state index contributed by atoms with van der Waals surface area (Å²) >= 11 is 0. The number of anilines is 5. The zero-order chi connectivity index (χ0) is 93.6. The normalized spacial score (nSPS) is 12.0. The largest absolute Gasteiger partial charge is 0.390 e. The molecule has 10 N–H and O–H groups in total. The summed E-state index contributed by atoms with van der Waals surface area (Å²) in [4.78, 5) is 44.0. The maximum atomic E-state index is 9.77. The van der Waals surface area contributed by atoms with Crippen molar-refractivity contribution < 1.29 is 25.5 Å². The van der Waals surface area contributed by atoms with Crippen LogP contribution in [0.5, 0.6) is 0 Å². The fourth-order valence-electron chi connectivity index (χ4n) is 13.1. The van der Waals surface area contributed by atoms with Crippen LogP contribution in [0.3, 0.4) is 0 Å². The Kier molecular flexibility index (Phi) is 33.5. The Hall–Kier alpha value is -14.0. The van der Waals surface area contributed by atoms with Crippen molar-refractivity contribution in [2.75, 3.05) is 26.6 Å². The molecular weight excluding hydrogens is 1640 g/mol.